The van der Waals surface area contributed by atoms with Crippen LogP contribution in [0, 0.1) is 0 Å². The molecule has 1 heterocycles. The normalized spacial score (nSPS) is 11.5. The topological polar surface area (TPSA) is 43.0 Å². The summed E-state index contributed by atoms with van der Waals surface area (Å²) in [5.41, 5.74) is 9.09. The van der Waals surface area contributed by atoms with Gasteiger partial charge in [0.05, 0.1) is 5.52 Å². The Morgan fingerprint density at radius 2 is 2.06 bits per heavy atom. The lowest BCUT2D eigenvalue weighted by Crippen LogP contribution is -2.22. The SMILES string of the molecule is CC(C)NCc1cc2ccc(N)cc2n1C. The molecule has 0 fully saturated rings. The summed E-state index contributed by atoms with van der Waals surface area (Å²) >= 11 is 0. The number of nitrogens with two attached hydrogens (primary N) is 1. The Morgan fingerprint density at radius 1 is 1.31 bits per heavy atom. The molecule has 2 rings (SSSR count). The van der Waals surface area contributed by atoms with Crippen molar-refractivity contribution in [2.75, 3.05) is 5.73 Å². The first-order chi connectivity index (χ1) is 7.58. The molecular weight excluding hydrogens is 198 g/mol. The minimum Gasteiger partial charge on any atom is -0.399 e. The average Bonchev–Trinajstić information content (AvgIpc) is 2.53. The number of aromatic nitrogens is 1. The third kappa shape index (κ3) is 2.04. The molecule has 0 amide bonds. The molecule has 0 aliphatic heterocycles. The van der Waals surface area contributed by atoms with Crippen LogP contribution in [0.25, 0.3) is 10.9 Å². The standard InChI is InChI=1S/C13H19N3/c1-9(2)15-8-12-6-10-4-5-11(14)7-13(10)16(12)3/h4-7,9,15H,8,14H2,1-3H3. The molecule has 1 aromatic heterocycles. The van der Waals surface area contributed by atoms with Gasteiger partial charge in [-0.1, -0.05) is 19.9 Å². The summed E-state index contributed by atoms with van der Waals surface area (Å²) in [4.78, 5) is 0. The van der Waals surface area contributed by atoms with E-state index in [0.717, 1.165) is 12.2 Å². The minimum absolute atomic E-state index is 0.503. The van der Waals surface area contributed by atoms with E-state index < -0.39 is 0 Å². The fourth-order valence-corrected chi connectivity index (χ4v) is 1.88. The largest absolute Gasteiger partial charge is 0.399 e. The molecule has 86 valence electrons. The lowest BCUT2D eigenvalue weighted by molar-refractivity contribution is 0.572. The van der Waals surface area contributed by atoms with Crippen molar-refractivity contribution in [2.24, 2.45) is 7.05 Å². The molecule has 0 unspecified atom stereocenters. The number of nitrogens with zero attached hydrogens (tertiary/aromatic N) is 1. The van der Waals surface area contributed by atoms with Crippen LogP contribution >= 0.6 is 0 Å². The van der Waals surface area contributed by atoms with Crippen LogP contribution in [0.15, 0.2) is 24.3 Å². The summed E-state index contributed by atoms with van der Waals surface area (Å²) in [6.07, 6.45) is 0. The molecule has 0 atom stereocenters. The zero-order valence-corrected chi connectivity index (χ0v) is 10.1. The van der Waals surface area contributed by atoms with Gasteiger partial charge in [0.2, 0.25) is 0 Å². The molecule has 0 saturated heterocycles. The summed E-state index contributed by atoms with van der Waals surface area (Å²) in [5, 5.41) is 4.67. The maximum atomic E-state index is 5.80. The Bertz CT molecular complexity index is 497. The number of hydrogen-bond acceptors (Lipinski definition) is 2. The van der Waals surface area contributed by atoms with Gasteiger partial charge in [0.25, 0.3) is 0 Å². The summed E-state index contributed by atoms with van der Waals surface area (Å²) in [7, 11) is 2.08. The van der Waals surface area contributed by atoms with Crippen LogP contribution < -0.4 is 11.1 Å². The second kappa shape index (κ2) is 4.18. The summed E-state index contributed by atoms with van der Waals surface area (Å²) in [6.45, 7) is 5.20. The van der Waals surface area contributed by atoms with Crippen molar-refractivity contribution in [1.29, 1.82) is 0 Å². The summed E-state index contributed by atoms with van der Waals surface area (Å²) < 4.78 is 2.20. The molecule has 0 aliphatic rings. The highest BCUT2D eigenvalue weighted by molar-refractivity contribution is 5.84. The molecule has 0 aliphatic carbocycles. The monoisotopic (exact) mass is 217 g/mol. The van der Waals surface area contributed by atoms with Gasteiger partial charge in [-0.3, -0.25) is 0 Å². The van der Waals surface area contributed by atoms with E-state index in [9.17, 15) is 0 Å². The number of anilines is 1. The first kappa shape index (κ1) is 11.0. The van der Waals surface area contributed by atoms with Gasteiger partial charge in [-0.2, -0.15) is 0 Å². The molecule has 0 radical (unpaired) electrons. The van der Waals surface area contributed by atoms with Gasteiger partial charge in [0.15, 0.2) is 0 Å². The third-order valence-electron chi connectivity index (χ3n) is 2.86. The van der Waals surface area contributed by atoms with Gasteiger partial charge in [-0.15, -0.1) is 0 Å². The van der Waals surface area contributed by atoms with Crippen LogP contribution in [0.5, 0.6) is 0 Å². The highest BCUT2D eigenvalue weighted by Crippen LogP contribution is 2.21. The number of benzene rings is 1. The van der Waals surface area contributed by atoms with Gasteiger partial charge in [0.1, 0.15) is 0 Å². The van der Waals surface area contributed by atoms with Crippen molar-refractivity contribution in [3.63, 3.8) is 0 Å². The Labute approximate surface area is 96.2 Å². The predicted molar refractivity (Wildman–Crippen MR) is 69.3 cm³/mol. The molecule has 16 heavy (non-hydrogen) atoms. The molecule has 1 aromatic carbocycles. The number of aryl methyl sites for hydroxylation is 1. The van der Waals surface area contributed by atoms with E-state index >= 15 is 0 Å². The van der Waals surface area contributed by atoms with Crippen molar-refractivity contribution in [1.82, 2.24) is 9.88 Å². The number of nitrogen functional groups attached to an aromatic ring is 1. The highest BCUT2D eigenvalue weighted by atomic mass is 15.0. The van der Waals surface area contributed by atoms with Crippen LogP contribution in [0.2, 0.25) is 0 Å². The lowest BCUT2D eigenvalue weighted by Gasteiger charge is -2.09. The van der Waals surface area contributed by atoms with E-state index in [1.54, 1.807) is 0 Å². The van der Waals surface area contributed by atoms with Gasteiger partial charge >= 0.3 is 0 Å². The number of fused-ring (bicyclic) bond motifs is 1. The van der Waals surface area contributed by atoms with Crippen LogP contribution in [-0.2, 0) is 13.6 Å². The Balaban J connectivity index is 2.36. The molecule has 0 saturated carbocycles. The van der Waals surface area contributed by atoms with Crippen LogP contribution in [0.4, 0.5) is 5.69 Å². The maximum absolute atomic E-state index is 5.80. The van der Waals surface area contributed by atoms with Crippen LogP contribution in [0.1, 0.15) is 19.5 Å². The number of nitrogens with one attached hydrogen (secondary N) is 1. The fourth-order valence-electron chi connectivity index (χ4n) is 1.88. The summed E-state index contributed by atoms with van der Waals surface area (Å²) in [5.74, 6) is 0. The van der Waals surface area contributed by atoms with Crippen molar-refractivity contribution >= 4 is 16.6 Å². The van der Waals surface area contributed by atoms with E-state index in [-0.39, 0.29) is 0 Å². The molecule has 2 aromatic rings. The lowest BCUT2D eigenvalue weighted by atomic mass is 10.2. The van der Waals surface area contributed by atoms with Gasteiger partial charge in [-0.05, 0) is 18.2 Å². The minimum atomic E-state index is 0.503. The van der Waals surface area contributed by atoms with Gasteiger partial charge in [0, 0.05) is 36.4 Å². The van der Waals surface area contributed by atoms with E-state index in [1.165, 1.54) is 16.6 Å². The van der Waals surface area contributed by atoms with Crippen LogP contribution in [-0.4, -0.2) is 10.6 Å². The van der Waals surface area contributed by atoms with E-state index in [1.807, 2.05) is 12.1 Å². The van der Waals surface area contributed by atoms with Crippen molar-refractivity contribution in [2.45, 2.75) is 26.4 Å². The van der Waals surface area contributed by atoms with Gasteiger partial charge < -0.3 is 15.6 Å². The Hall–Kier alpha value is -1.48. The Kier molecular flexibility index (Phi) is 2.88. The molecule has 3 heteroatoms. The molecule has 0 bridgehead atoms. The molecule has 0 spiro atoms. The maximum Gasteiger partial charge on any atom is 0.0500 e. The van der Waals surface area contributed by atoms with E-state index in [0.29, 0.717) is 6.04 Å². The number of hydrogen-bond donors (Lipinski definition) is 2. The quantitative estimate of drug-likeness (QED) is 0.774. The fraction of sp³-hybridized carbons (Fsp3) is 0.385. The van der Waals surface area contributed by atoms with Gasteiger partial charge in [-0.25, -0.2) is 0 Å². The molecule has 3 nitrogen and oxygen atoms in total. The number of rotatable bonds is 3. The first-order valence-corrected chi connectivity index (χ1v) is 5.65. The smallest absolute Gasteiger partial charge is 0.0500 e. The third-order valence-corrected chi connectivity index (χ3v) is 2.86. The predicted octanol–water partition coefficient (Wildman–Crippen LogP) is 2.26. The van der Waals surface area contributed by atoms with Crippen molar-refractivity contribution in [3.05, 3.63) is 30.0 Å². The highest BCUT2D eigenvalue weighted by Gasteiger charge is 2.05. The zero-order chi connectivity index (χ0) is 11.7. The second-order valence-corrected chi connectivity index (χ2v) is 4.55. The molecular formula is C13H19N3. The summed E-state index contributed by atoms with van der Waals surface area (Å²) in [6, 6.07) is 8.76. The molecule has 3 N–H and O–H groups in total. The van der Waals surface area contributed by atoms with Crippen molar-refractivity contribution in [3.8, 4) is 0 Å². The van der Waals surface area contributed by atoms with Crippen molar-refractivity contribution < 1.29 is 0 Å². The zero-order valence-electron chi connectivity index (χ0n) is 10.1. The van der Waals surface area contributed by atoms with Crippen LogP contribution in [0.3, 0.4) is 0 Å². The first-order valence-electron chi connectivity index (χ1n) is 5.65. The average molecular weight is 217 g/mol. The second-order valence-electron chi connectivity index (χ2n) is 4.55. The van der Waals surface area contributed by atoms with E-state index in [2.05, 4.69) is 42.9 Å². The Morgan fingerprint density at radius 3 is 2.75 bits per heavy atom. The van der Waals surface area contributed by atoms with E-state index in [4.69, 9.17) is 5.73 Å².